The lowest BCUT2D eigenvalue weighted by atomic mass is 10.2. The minimum Gasteiger partial charge on any atom is -0.489 e. The van der Waals surface area contributed by atoms with E-state index in [4.69, 9.17) is 16.3 Å². The zero-order valence-corrected chi connectivity index (χ0v) is 19.5. The predicted molar refractivity (Wildman–Crippen MR) is 121 cm³/mol. The molecule has 0 aliphatic rings. The van der Waals surface area contributed by atoms with E-state index in [9.17, 15) is 4.79 Å². The van der Waals surface area contributed by atoms with Gasteiger partial charge in [-0.3, -0.25) is 4.79 Å². The fourth-order valence-corrected chi connectivity index (χ4v) is 3.89. The van der Waals surface area contributed by atoms with Gasteiger partial charge in [0.25, 0.3) is 5.56 Å². The van der Waals surface area contributed by atoms with Gasteiger partial charge in [-0.25, -0.2) is 4.98 Å². The molecule has 0 bridgehead atoms. The van der Waals surface area contributed by atoms with E-state index in [1.54, 1.807) is 37.4 Å². The average Bonchev–Trinajstić information content (AvgIpc) is 2.64. The highest BCUT2D eigenvalue weighted by atomic mass is 79.9. The molecule has 0 saturated carbocycles. The molecule has 8 heteroatoms. The monoisotopic (exact) mass is 525 g/mol. The van der Waals surface area contributed by atoms with Crippen LogP contribution in [0.4, 0.5) is 0 Å². The summed E-state index contributed by atoms with van der Waals surface area (Å²) >= 11 is 13.1. The topological polar surface area (TPSA) is 56.5 Å². The maximum atomic E-state index is 12.9. The minimum absolute atomic E-state index is 0.0220. The zero-order valence-electron chi connectivity index (χ0n) is 15.5. The molecule has 0 unspecified atom stereocenters. The molecule has 0 spiro atoms. The summed E-state index contributed by atoms with van der Waals surface area (Å²) in [4.78, 5) is 17.4. The van der Waals surface area contributed by atoms with E-state index in [0.717, 1.165) is 15.4 Å². The Labute approximate surface area is 184 Å². The van der Waals surface area contributed by atoms with Gasteiger partial charge in [-0.1, -0.05) is 34.5 Å². The van der Waals surface area contributed by atoms with Crippen molar-refractivity contribution in [3.63, 3.8) is 0 Å². The third-order valence-corrected chi connectivity index (χ3v) is 5.51. The van der Waals surface area contributed by atoms with Crippen molar-refractivity contribution >= 4 is 60.6 Å². The standard InChI is InChI=1S/C20H18Br2ClN3O2/c1-4-11(2)28-19-13(7-15(23)9-17(19)22)10-24-26-12(3)25-18-6-5-14(21)8-16(18)20(26)27/h5-11H,4H2,1-3H3/t11-/m1/s1. The molecule has 1 heterocycles. The Bertz CT molecular complexity index is 1130. The van der Waals surface area contributed by atoms with Crippen LogP contribution in [0, 0.1) is 6.92 Å². The SMILES string of the molecule is CC[C@@H](C)Oc1c(Br)cc(Cl)cc1C=Nn1c(C)nc2ccc(Br)cc2c1=O. The van der Waals surface area contributed by atoms with Gasteiger partial charge in [-0.05, 0) is 66.5 Å². The van der Waals surface area contributed by atoms with Crippen molar-refractivity contribution in [3.8, 4) is 5.75 Å². The van der Waals surface area contributed by atoms with Crippen molar-refractivity contribution in [1.82, 2.24) is 9.66 Å². The quantitative estimate of drug-likeness (QED) is 0.386. The van der Waals surface area contributed by atoms with E-state index in [1.807, 2.05) is 19.9 Å². The molecule has 0 amide bonds. The van der Waals surface area contributed by atoms with Crippen molar-refractivity contribution in [2.24, 2.45) is 5.10 Å². The van der Waals surface area contributed by atoms with Crippen molar-refractivity contribution in [2.45, 2.75) is 33.3 Å². The zero-order chi connectivity index (χ0) is 20.4. The number of benzene rings is 2. The fraction of sp³-hybridized carbons (Fsp3) is 0.250. The highest BCUT2D eigenvalue weighted by Crippen LogP contribution is 2.33. The van der Waals surface area contributed by atoms with Gasteiger partial charge in [0.15, 0.2) is 0 Å². The van der Waals surface area contributed by atoms with E-state index in [-0.39, 0.29) is 11.7 Å². The molecular weight excluding hydrogens is 510 g/mol. The molecule has 1 aromatic heterocycles. The summed E-state index contributed by atoms with van der Waals surface area (Å²) in [5.74, 6) is 1.12. The van der Waals surface area contributed by atoms with Crippen molar-refractivity contribution in [2.75, 3.05) is 0 Å². The lowest BCUT2D eigenvalue weighted by Crippen LogP contribution is -2.20. The molecule has 146 valence electrons. The molecule has 1 atom stereocenters. The second kappa shape index (κ2) is 8.76. The molecule has 0 radical (unpaired) electrons. The summed E-state index contributed by atoms with van der Waals surface area (Å²) in [6, 6.07) is 8.91. The molecule has 2 aromatic carbocycles. The first kappa shape index (κ1) is 21.0. The highest BCUT2D eigenvalue weighted by Gasteiger charge is 2.13. The Kier molecular flexibility index (Phi) is 6.58. The second-order valence-electron chi connectivity index (χ2n) is 6.32. The maximum Gasteiger partial charge on any atom is 0.282 e. The largest absolute Gasteiger partial charge is 0.489 e. The lowest BCUT2D eigenvalue weighted by molar-refractivity contribution is 0.215. The Hall–Kier alpha value is -1.70. The Balaban J connectivity index is 2.11. The van der Waals surface area contributed by atoms with E-state index in [0.29, 0.717) is 33.1 Å². The summed E-state index contributed by atoms with van der Waals surface area (Å²) in [5.41, 5.74) is 1.05. The summed E-state index contributed by atoms with van der Waals surface area (Å²) in [6.45, 7) is 5.77. The van der Waals surface area contributed by atoms with Gasteiger partial charge in [0, 0.05) is 15.1 Å². The molecule has 28 heavy (non-hydrogen) atoms. The summed E-state index contributed by atoms with van der Waals surface area (Å²) in [7, 11) is 0. The number of rotatable bonds is 5. The Morgan fingerprint density at radius 3 is 2.79 bits per heavy atom. The number of aryl methyl sites for hydroxylation is 1. The normalized spacial score (nSPS) is 12.6. The van der Waals surface area contributed by atoms with Crippen molar-refractivity contribution in [1.29, 1.82) is 0 Å². The van der Waals surface area contributed by atoms with Crippen LogP contribution in [-0.2, 0) is 0 Å². The van der Waals surface area contributed by atoms with Crippen LogP contribution in [0.2, 0.25) is 5.02 Å². The number of nitrogens with zero attached hydrogens (tertiary/aromatic N) is 3. The molecule has 0 aliphatic heterocycles. The number of ether oxygens (including phenoxy) is 1. The molecule has 5 nitrogen and oxygen atoms in total. The number of hydrogen-bond donors (Lipinski definition) is 0. The Morgan fingerprint density at radius 2 is 2.07 bits per heavy atom. The molecule has 0 fully saturated rings. The molecule has 3 rings (SSSR count). The van der Waals surface area contributed by atoms with Crippen molar-refractivity contribution in [3.05, 3.63) is 66.0 Å². The fourth-order valence-electron chi connectivity index (χ4n) is 2.60. The molecular formula is C20H18Br2ClN3O2. The lowest BCUT2D eigenvalue weighted by Gasteiger charge is -2.16. The molecule has 0 saturated heterocycles. The molecule has 0 N–H and O–H groups in total. The minimum atomic E-state index is -0.245. The number of hydrogen-bond acceptors (Lipinski definition) is 4. The average molecular weight is 528 g/mol. The van der Waals surface area contributed by atoms with Crippen LogP contribution in [0.1, 0.15) is 31.7 Å². The van der Waals surface area contributed by atoms with Gasteiger partial charge in [0.1, 0.15) is 11.6 Å². The molecule has 0 aliphatic carbocycles. The van der Waals surface area contributed by atoms with Crippen LogP contribution in [0.25, 0.3) is 10.9 Å². The summed E-state index contributed by atoms with van der Waals surface area (Å²) in [5, 5.41) is 5.40. The molecule has 3 aromatic rings. The third kappa shape index (κ3) is 4.47. The summed E-state index contributed by atoms with van der Waals surface area (Å²) < 4.78 is 8.82. The van der Waals surface area contributed by atoms with E-state index >= 15 is 0 Å². The van der Waals surface area contributed by atoms with E-state index < -0.39 is 0 Å². The van der Waals surface area contributed by atoms with Crippen LogP contribution in [0.15, 0.2) is 49.2 Å². The van der Waals surface area contributed by atoms with Gasteiger partial charge in [-0.2, -0.15) is 9.78 Å². The van der Waals surface area contributed by atoms with Crippen LogP contribution < -0.4 is 10.3 Å². The van der Waals surface area contributed by atoms with Crippen LogP contribution in [0.3, 0.4) is 0 Å². The van der Waals surface area contributed by atoms with Crippen LogP contribution >= 0.6 is 43.5 Å². The first-order chi connectivity index (χ1) is 13.3. The summed E-state index contributed by atoms with van der Waals surface area (Å²) in [6.07, 6.45) is 2.44. The van der Waals surface area contributed by atoms with Crippen molar-refractivity contribution < 1.29 is 4.74 Å². The van der Waals surface area contributed by atoms with E-state index in [2.05, 4.69) is 41.9 Å². The first-order valence-corrected chi connectivity index (χ1v) is 10.7. The second-order valence-corrected chi connectivity index (χ2v) is 8.53. The predicted octanol–water partition coefficient (Wildman–Crippen LogP) is 5.94. The van der Waals surface area contributed by atoms with Gasteiger partial charge >= 0.3 is 0 Å². The van der Waals surface area contributed by atoms with Gasteiger partial charge in [0.05, 0.1) is 27.7 Å². The highest BCUT2D eigenvalue weighted by molar-refractivity contribution is 9.10. The van der Waals surface area contributed by atoms with E-state index in [1.165, 1.54) is 4.68 Å². The maximum absolute atomic E-state index is 12.9. The smallest absolute Gasteiger partial charge is 0.282 e. The van der Waals surface area contributed by atoms with Gasteiger partial charge in [-0.15, -0.1) is 0 Å². The van der Waals surface area contributed by atoms with Gasteiger partial charge < -0.3 is 4.74 Å². The first-order valence-electron chi connectivity index (χ1n) is 8.69. The Morgan fingerprint density at radius 1 is 1.32 bits per heavy atom. The number of halogens is 3. The third-order valence-electron chi connectivity index (χ3n) is 4.21. The number of aromatic nitrogens is 2. The van der Waals surface area contributed by atoms with Crippen LogP contribution in [-0.4, -0.2) is 22.0 Å². The number of fused-ring (bicyclic) bond motifs is 1. The van der Waals surface area contributed by atoms with Crippen LogP contribution in [0.5, 0.6) is 5.75 Å². The van der Waals surface area contributed by atoms with Gasteiger partial charge in [0.2, 0.25) is 0 Å².